The number of imidazole rings is 1. The highest BCUT2D eigenvalue weighted by Gasteiger charge is 2.25. The van der Waals surface area contributed by atoms with E-state index in [-0.39, 0.29) is 6.23 Å². The average molecular weight is 301 g/mol. The summed E-state index contributed by atoms with van der Waals surface area (Å²) in [5.41, 5.74) is 1.93. The SMILES string of the molecule is c1cnc2c(c1)nc(CC1CCCOC1)n2C1CCCCO1. The fraction of sp³-hybridized carbons (Fsp3) is 0.647. The lowest BCUT2D eigenvalue weighted by molar-refractivity contribution is -0.0322. The summed E-state index contributed by atoms with van der Waals surface area (Å²) in [5.74, 6) is 1.67. The van der Waals surface area contributed by atoms with Gasteiger partial charge in [-0.25, -0.2) is 9.97 Å². The van der Waals surface area contributed by atoms with Crippen LogP contribution in [0.25, 0.3) is 11.2 Å². The Morgan fingerprint density at radius 1 is 1.18 bits per heavy atom. The Hall–Kier alpha value is -1.46. The smallest absolute Gasteiger partial charge is 0.162 e. The molecule has 0 spiro atoms. The molecule has 2 unspecified atom stereocenters. The first kappa shape index (κ1) is 14.2. The monoisotopic (exact) mass is 301 g/mol. The molecule has 2 aliphatic rings. The normalized spacial score (nSPS) is 26.4. The fourth-order valence-corrected chi connectivity index (χ4v) is 3.58. The van der Waals surface area contributed by atoms with Crippen LogP contribution < -0.4 is 0 Å². The van der Waals surface area contributed by atoms with Gasteiger partial charge in [0.05, 0.1) is 0 Å². The third-order valence-electron chi connectivity index (χ3n) is 4.69. The van der Waals surface area contributed by atoms with Crippen LogP contribution in [0.2, 0.25) is 0 Å². The summed E-state index contributed by atoms with van der Waals surface area (Å²) < 4.78 is 13.9. The number of ether oxygens (including phenoxy) is 2. The van der Waals surface area contributed by atoms with Crippen LogP contribution in [0.5, 0.6) is 0 Å². The van der Waals surface area contributed by atoms with Crippen LogP contribution >= 0.6 is 0 Å². The number of rotatable bonds is 3. The average Bonchev–Trinajstić information content (AvgIpc) is 2.94. The van der Waals surface area contributed by atoms with Crippen molar-refractivity contribution >= 4 is 11.2 Å². The third kappa shape index (κ3) is 2.75. The molecule has 2 aromatic rings. The number of fused-ring (bicyclic) bond motifs is 1. The Kier molecular flexibility index (Phi) is 4.08. The van der Waals surface area contributed by atoms with Crippen molar-refractivity contribution in [3.05, 3.63) is 24.2 Å². The predicted molar refractivity (Wildman–Crippen MR) is 83.6 cm³/mol. The second kappa shape index (κ2) is 6.34. The maximum atomic E-state index is 6.01. The quantitative estimate of drug-likeness (QED) is 0.874. The highest BCUT2D eigenvalue weighted by molar-refractivity contribution is 5.71. The van der Waals surface area contributed by atoms with Gasteiger partial charge in [-0.05, 0) is 50.2 Å². The molecule has 2 fully saturated rings. The zero-order chi connectivity index (χ0) is 14.8. The predicted octanol–water partition coefficient (Wildman–Crippen LogP) is 3.10. The molecule has 2 aliphatic heterocycles. The third-order valence-corrected chi connectivity index (χ3v) is 4.69. The summed E-state index contributed by atoms with van der Waals surface area (Å²) in [7, 11) is 0. The van der Waals surface area contributed by atoms with Gasteiger partial charge in [0.25, 0.3) is 0 Å². The van der Waals surface area contributed by atoms with Gasteiger partial charge in [0, 0.05) is 32.4 Å². The summed E-state index contributed by atoms with van der Waals surface area (Å²) in [6, 6.07) is 4.00. The Bertz CT molecular complexity index is 628. The Morgan fingerprint density at radius 2 is 2.18 bits per heavy atom. The summed E-state index contributed by atoms with van der Waals surface area (Å²) >= 11 is 0. The van der Waals surface area contributed by atoms with Gasteiger partial charge in [-0.15, -0.1) is 0 Å². The Balaban J connectivity index is 1.68. The molecule has 2 saturated heterocycles. The minimum absolute atomic E-state index is 0.0909. The maximum Gasteiger partial charge on any atom is 0.162 e. The van der Waals surface area contributed by atoms with E-state index in [9.17, 15) is 0 Å². The highest BCUT2D eigenvalue weighted by Crippen LogP contribution is 2.29. The first-order valence-electron chi connectivity index (χ1n) is 8.43. The first-order valence-corrected chi connectivity index (χ1v) is 8.43. The van der Waals surface area contributed by atoms with Crippen LogP contribution in [0.15, 0.2) is 18.3 Å². The van der Waals surface area contributed by atoms with Gasteiger partial charge < -0.3 is 9.47 Å². The first-order chi connectivity index (χ1) is 10.9. The molecule has 0 aromatic carbocycles. The number of nitrogens with zero attached hydrogens (tertiary/aromatic N) is 3. The van der Waals surface area contributed by atoms with E-state index in [1.165, 1.54) is 12.8 Å². The van der Waals surface area contributed by atoms with E-state index in [0.717, 1.165) is 62.5 Å². The van der Waals surface area contributed by atoms with Gasteiger partial charge >= 0.3 is 0 Å². The van der Waals surface area contributed by atoms with Crippen molar-refractivity contribution in [3.8, 4) is 0 Å². The molecule has 0 saturated carbocycles. The van der Waals surface area contributed by atoms with Gasteiger partial charge in [-0.1, -0.05) is 0 Å². The molecule has 0 amide bonds. The number of hydrogen-bond acceptors (Lipinski definition) is 4. The summed E-state index contributed by atoms with van der Waals surface area (Å²) in [6.45, 7) is 2.59. The van der Waals surface area contributed by atoms with E-state index < -0.39 is 0 Å². The number of hydrogen-bond donors (Lipinski definition) is 0. The lowest BCUT2D eigenvalue weighted by Gasteiger charge is -2.27. The molecule has 4 heterocycles. The molecule has 4 rings (SSSR count). The zero-order valence-corrected chi connectivity index (χ0v) is 12.9. The van der Waals surface area contributed by atoms with Crippen LogP contribution in [-0.4, -0.2) is 34.4 Å². The molecule has 0 N–H and O–H groups in total. The largest absolute Gasteiger partial charge is 0.381 e. The Labute approximate surface area is 130 Å². The van der Waals surface area contributed by atoms with Crippen LogP contribution in [0.4, 0.5) is 0 Å². The second-order valence-electron chi connectivity index (χ2n) is 6.35. The van der Waals surface area contributed by atoms with Crippen molar-refractivity contribution in [2.24, 2.45) is 5.92 Å². The summed E-state index contributed by atoms with van der Waals surface area (Å²) in [6.07, 6.45) is 8.69. The Morgan fingerprint density at radius 3 is 3.00 bits per heavy atom. The van der Waals surface area contributed by atoms with Gasteiger partial charge in [0.15, 0.2) is 5.65 Å². The van der Waals surface area contributed by atoms with Crippen LogP contribution in [0.3, 0.4) is 0 Å². The second-order valence-corrected chi connectivity index (χ2v) is 6.35. The number of aromatic nitrogens is 3. The minimum atomic E-state index is 0.0909. The van der Waals surface area contributed by atoms with Crippen molar-refractivity contribution in [1.82, 2.24) is 14.5 Å². The van der Waals surface area contributed by atoms with Crippen molar-refractivity contribution in [1.29, 1.82) is 0 Å². The van der Waals surface area contributed by atoms with Gasteiger partial charge in [0.2, 0.25) is 0 Å². The maximum absolute atomic E-state index is 6.01. The number of pyridine rings is 1. The topological polar surface area (TPSA) is 49.2 Å². The molecule has 2 aromatic heterocycles. The summed E-state index contributed by atoms with van der Waals surface area (Å²) in [5, 5.41) is 0. The highest BCUT2D eigenvalue weighted by atomic mass is 16.5. The lowest BCUT2D eigenvalue weighted by Crippen LogP contribution is -2.24. The zero-order valence-electron chi connectivity index (χ0n) is 12.9. The van der Waals surface area contributed by atoms with Crippen molar-refractivity contribution in [2.75, 3.05) is 19.8 Å². The minimum Gasteiger partial charge on any atom is -0.381 e. The molecule has 0 radical (unpaired) electrons. The van der Waals surface area contributed by atoms with E-state index in [2.05, 4.69) is 9.55 Å². The van der Waals surface area contributed by atoms with E-state index >= 15 is 0 Å². The molecule has 118 valence electrons. The molecule has 22 heavy (non-hydrogen) atoms. The van der Waals surface area contributed by atoms with Gasteiger partial charge in [0.1, 0.15) is 17.6 Å². The molecule has 5 heteroatoms. The van der Waals surface area contributed by atoms with Crippen LogP contribution in [-0.2, 0) is 15.9 Å². The van der Waals surface area contributed by atoms with Crippen LogP contribution in [0, 0.1) is 5.92 Å². The standard InChI is InChI=1S/C17H23N3O2/c1-2-10-22-16(7-1)20-15(11-13-5-4-9-21-12-13)19-14-6-3-8-18-17(14)20/h3,6,8,13,16H,1-2,4-5,7,9-12H2. The molecule has 0 aliphatic carbocycles. The van der Waals surface area contributed by atoms with Gasteiger partial charge in [-0.2, -0.15) is 0 Å². The molecule has 0 bridgehead atoms. The summed E-state index contributed by atoms with van der Waals surface area (Å²) in [4.78, 5) is 9.41. The van der Waals surface area contributed by atoms with Gasteiger partial charge in [-0.3, -0.25) is 4.57 Å². The van der Waals surface area contributed by atoms with E-state index in [1.54, 1.807) is 0 Å². The molecule has 5 nitrogen and oxygen atoms in total. The van der Waals surface area contributed by atoms with Crippen LogP contribution in [0.1, 0.15) is 44.2 Å². The molecule has 2 atom stereocenters. The van der Waals surface area contributed by atoms with E-state index in [4.69, 9.17) is 14.5 Å². The van der Waals surface area contributed by atoms with Crippen molar-refractivity contribution in [3.63, 3.8) is 0 Å². The lowest BCUT2D eigenvalue weighted by atomic mass is 9.98. The van der Waals surface area contributed by atoms with Crippen molar-refractivity contribution < 1.29 is 9.47 Å². The van der Waals surface area contributed by atoms with Crippen molar-refractivity contribution in [2.45, 2.75) is 44.8 Å². The van der Waals surface area contributed by atoms with E-state index in [1.807, 2.05) is 18.3 Å². The molecular formula is C17H23N3O2. The fourth-order valence-electron chi connectivity index (χ4n) is 3.58. The van der Waals surface area contributed by atoms with E-state index in [0.29, 0.717) is 5.92 Å². The molecular weight excluding hydrogens is 278 g/mol.